The second kappa shape index (κ2) is 7.03. The zero-order valence-electron chi connectivity index (χ0n) is 14.8. The third-order valence-electron chi connectivity index (χ3n) is 4.57. The maximum Gasteiger partial charge on any atom is 0.305 e. The molecule has 1 amide bonds. The molecule has 1 aliphatic rings. The van der Waals surface area contributed by atoms with Gasteiger partial charge in [0.2, 0.25) is 0 Å². The van der Waals surface area contributed by atoms with Gasteiger partial charge in [0.05, 0.1) is 0 Å². The first-order valence-corrected chi connectivity index (χ1v) is 11.1. The molecule has 1 aliphatic heterocycles. The summed E-state index contributed by atoms with van der Waals surface area (Å²) in [5.41, 5.74) is 0.890. The van der Waals surface area contributed by atoms with Crippen molar-refractivity contribution in [3.05, 3.63) is 50.4 Å². The monoisotopic (exact) mass is 441 g/mol. The van der Waals surface area contributed by atoms with Gasteiger partial charge in [-0.05, 0) is 31.2 Å². The third-order valence-corrected chi connectivity index (χ3v) is 8.29. The lowest BCUT2D eigenvalue weighted by molar-refractivity contribution is 0.0668. The van der Waals surface area contributed by atoms with E-state index in [0.717, 1.165) is 5.39 Å². The molecular formula is C17H16ClN3O5S2. The van der Waals surface area contributed by atoms with Gasteiger partial charge in [0.15, 0.2) is 9.97 Å². The Balaban J connectivity index is 1.49. The molecule has 0 spiro atoms. The largest absolute Gasteiger partial charge is 0.451 e. The highest BCUT2D eigenvalue weighted by molar-refractivity contribution is 7.91. The number of nitrogens with one attached hydrogen (secondary N) is 1. The SMILES string of the molecule is Cc1[nH]c(=O)sc1S(=O)(=O)N1CCN(C(=O)c2cc3cc(Cl)ccc3o2)CC1. The second-order valence-corrected chi connectivity index (χ2v) is 9.97. The van der Waals surface area contributed by atoms with Gasteiger partial charge in [0, 0.05) is 42.3 Å². The van der Waals surface area contributed by atoms with Crippen LogP contribution >= 0.6 is 22.9 Å². The summed E-state index contributed by atoms with van der Waals surface area (Å²) in [7, 11) is -3.77. The average molecular weight is 442 g/mol. The van der Waals surface area contributed by atoms with Gasteiger partial charge in [-0.25, -0.2) is 8.42 Å². The summed E-state index contributed by atoms with van der Waals surface area (Å²) in [5.74, 6) is -0.111. The molecule has 2 aromatic heterocycles. The van der Waals surface area contributed by atoms with Crippen LogP contribution < -0.4 is 4.87 Å². The molecule has 4 rings (SSSR count). The Bertz CT molecular complexity index is 1220. The van der Waals surface area contributed by atoms with E-state index in [1.807, 2.05) is 0 Å². The Kier molecular flexibility index (Phi) is 4.82. The van der Waals surface area contributed by atoms with Gasteiger partial charge in [-0.3, -0.25) is 9.59 Å². The third kappa shape index (κ3) is 3.37. The van der Waals surface area contributed by atoms with Gasteiger partial charge in [-0.15, -0.1) is 0 Å². The fraction of sp³-hybridized carbons (Fsp3) is 0.294. The number of nitrogens with zero attached hydrogens (tertiary/aromatic N) is 2. The fourth-order valence-electron chi connectivity index (χ4n) is 3.16. The highest BCUT2D eigenvalue weighted by Crippen LogP contribution is 2.25. The number of benzene rings is 1. The lowest BCUT2D eigenvalue weighted by atomic mass is 10.2. The van der Waals surface area contributed by atoms with Crippen LogP contribution in [0.4, 0.5) is 0 Å². The fourth-order valence-corrected chi connectivity index (χ4v) is 6.20. The molecule has 28 heavy (non-hydrogen) atoms. The van der Waals surface area contributed by atoms with Crippen molar-refractivity contribution in [3.8, 4) is 0 Å². The van der Waals surface area contributed by atoms with Crippen LogP contribution in [0.25, 0.3) is 11.0 Å². The summed E-state index contributed by atoms with van der Waals surface area (Å²) in [6.45, 7) is 2.30. The zero-order chi connectivity index (χ0) is 20.1. The first-order valence-electron chi connectivity index (χ1n) is 8.44. The van der Waals surface area contributed by atoms with Gasteiger partial charge in [-0.2, -0.15) is 4.31 Å². The van der Waals surface area contributed by atoms with Crippen molar-refractivity contribution >= 4 is 49.8 Å². The van der Waals surface area contributed by atoms with Crippen LogP contribution in [0, 0.1) is 6.92 Å². The van der Waals surface area contributed by atoms with Gasteiger partial charge in [0.25, 0.3) is 15.9 Å². The number of rotatable bonds is 3. The molecule has 3 aromatic rings. The predicted octanol–water partition coefficient (Wildman–Crippen LogP) is 2.29. The van der Waals surface area contributed by atoms with Crippen molar-refractivity contribution < 1.29 is 17.6 Å². The normalized spacial score (nSPS) is 16.0. The molecule has 0 bridgehead atoms. The van der Waals surface area contributed by atoms with E-state index < -0.39 is 14.9 Å². The molecule has 8 nitrogen and oxygen atoms in total. The van der Waals surface area contributed by atoms with Gasteiger partial charge in [-0.1, -0.05) is 22.9 Å². The Morgan fingerprint density at radius 3 is 2.57 bits per heavy atom. The lowest BCUT2D eigenvalue weighted by Crippen LogP contribution is -2.50. The van der Waals surface area contributed by atoms with E-state index >= 15 is 0 Å². The maximum atomic E-state index is 12.8. The van der Waals surface area contributed by atoms with Crippen LogP contribution in [0.5, 0.6) is 0 Å². The highest BCUT2D eigenvalue weighted by Gasteiger charge is 2.33. The van der Waals surface area contributed by atoms with Crippen LogP contribution in [0.3, 0.4) is 0 Å². The number of furan rings is 1. The standard InChI is InChI=1S/C17H16ClN3O5S2/c1-10-16(27-17(23)19-10)28(24,25)21-6-4-20(5-7-21)15(22)14-9-11-8-12(18)2-3-13(11)26-14/h2-3,8-9H,4-7H2,1H3,(H,19,23). The molecule has 1 saturated heterocycles. The lowest BCUT2D eigenvalue weighted by Gasteiger charge is -2.33. The number of aromatic amines is 1. The van der Waals surface area contributed by atoms with E-state index in [1.54, 1.807) is 36.1 Å². The quantitative estimate of drug-likeness (QED) is 0.671. The minimum absolute atomic E-state index is 0.0199. The maximum absolute atomic E-state index is 12.8. The summed E-state index contributed by atoms with van der Waals surface area (Å²) in [5, 5.41) is 1.28. The molecule has 11 heteroatoms. The highest BCUT2D eigenvalue weighted by atomic mass is 35.5. The van der Waals surface area contributed by atoms with E-state index in [1.165, 1.54) is 4.31 Å². The average Bonchev–Trinajstić information content (AvgIpc) is 3.23. The summed E-state index contributed by atoms with van der Waals surface area (Å²) >= 11 is 6.63. The summed E-state index contributed by atoms with van der Waals surface area (Å²) in [4.78, 5) is 27.8. The number of carbonyl (C=O) groups excluding carboxylic acids is 1. The molecule has 1 fully saturated rings. The second-order valence-electron chi connectivity index (χ2n) is 6.42. The van der Waals surface area contributed by atoms with Crippen molar-refractivity contribution in [1.29, 1.82) is 0 Å². The van der Waals surface area contributed by atoms with Crippen LogP contribution in [0.2, 0.25) is 5.02 Å². The molecule has 0 atom stereocenters. The number of hydrogen-bond donors (Lipinski definition) is 1. The number of hydrogen-bond acceptors (Lipinski definition) is 6. The summed E-state index contributed by atoms with van der Waals surface area (Å²) in [6.07, 6.45) is 0. The molecule has 0 saturated carbocycles. The first kappa shape index (κ1) is 19.2. The van der Waals surface area contributed by atoms with Gasteiger partial charge in [0.1, 0.15) is 5.58 Å². The number of piperazine rings is 1. The molecule has 0 aliphatic carbocycles. The predicted molar refractivity (Wildman–Crippen MR) is 106 cm³/mol. The minimum Gasteiger partial charge on any atom is -0.451 e. The summed E-state index contributed by atoms with van der Waals surface area (Å²) in [6, 6.07) is 6.73. The smallest absolute Gasteiger partial charge is 0.305 e. The van der Waals surface area contributed by atoms with E-state index in [4.69, 9.17) is 16.0 Å². The number of fused-ring (bicyclic) bond motifs is 1. The molecule has 3 heterocycles. The Labute approximate surface area is 169 Å². The topological polar surface area (TPSA) is 104 Å². The molecule has 1 aromatic carbocycles. The van der Waals surface area contributed by atoms with Crippen molar-refractivity contribution in [3.63, 3.8) is 0 Å². The van der Waals surface area contributed by atoms with Crippen molar-refractivity contribution in [2.24, 2.45) is 0 Å². The van der Waals surface area contributed by atoms with Gasteiger partial charge >= 0.3 is 4.87 Å². The van der Waals surface area contributed by atoms with Gasteiger partial charge < -0.3 is 14.3 Å². The number of thiazole rings is 1. The van der Waals surface area contributed by atoms with Crippen LogP contribution in [0.15, 0.2) is 37.7 Å². The van der Waals surface area contributed by atoms with Crippen molar-refractivity contribution in [2.75, 3.05) is 26.2 Å². The number of halogens is 1. The van der Waals surface area contributed by atoms with E-state index in [2.05, 4.69) is 4.98 Å². The number of aryl methyl sites for hydroxylation is 1. The molecule has 0 radical (unpaired) electrons. The molecule has 0 unspecified atom stereocenters. The Morgan fingerprint density at radius 1 is 1.21 bits per heavy atom. The van der Waals surface area contributed by atoms with Crippen molar-refractivity contribution in [1.82, 2.24) is 14.2 Å². The zero-order valence-corrected chi connectivity index (χ0v) is 17.2. The van der Waals surface area contributed by atoms with Crippen LogP contribution in [-0.4, -0.2) is 54.7 Å². The minimum atomic E-state index is -3.77. The number of H-pyrrole nitrogens is 1. The Morgan fingerprint density at radius 2 is 1.93 bits per heavy atom. The molecule has 148 valence electrons. The van der Waals surface area contributed by atoms with E-state index in [-0.39, 0.29) is 42.1 Å². The number of carbonyl (C=O) groups is 1. The van der Waals surface area contributed by atoms with Crippen LogP contribution in [-0.2, 0) is 10.0 Å². The molecule has 1 N–H and O–H groups in total. The Hall–Kier alpha value is -2.14. The van der Waals surface area contributed by atoms with Crippen LogP contribution in [0.1, 0.15) is 16.2 Å². The molecular weight excluding hydrogens is 426 g/mol. The first-order chi connectivity index (χ1) is 13.3. The number of aromatic nitrogens is 1. The van der Waals surface area contributed by atoms with E-state index in [0.29, 0.717) is 27.6 Å². The number of amides is 1. The van der Waals surface area contributed by atoms with Crippen molar-refractivity contribution in [2.45, 2.75) is 11.1 Å². The summed E-state index contributed by atoms with van der Waals surface area (Å²) < 4.78 is 32.4. The van der Waals surface area contributed by atoms with E-state index in [9.17, 15) is 18.0 Å². The number of sulfonamides is 1.